The van der Waals surface area contributed by atoms with Gasteiger partial charge in [0.15, 0.2) is 0 Å². The molecule has 72 heavy (non-hydrogen) atoms. The fraction of sp³-hybridized carbons (Fsp3) is 0. The molecule has 0 aliphatic rings. The highest BCUT2D eigenvalue weighted by Gasteiger charge is 2.22. The standard InChI is InChI=1S/C70H46N2/c1-2-21-53(22-3-1)72-67-32-15-14-25-60(67)66-46-56(43-44-68(66)72)71(54-39-35-48(36-40-54)52-34-33-47-17-4-5-19-51(47)45-52)55-41-37-50(38-42-55)69-62-27-10-12-29-64(62)70(65-30-13-11-28-63(65)69)61-26-9-8-24-59(61)58-31-16-20-49-18-6-7-23-57(49)58/h1-46H. The highest BCUT2D eigenvalue weighted by atomic mass is 15.1. The first-order valence-corrected chi connectivity index (χ1v) is 24.8. The maximum Gasteiger partial charge on any atom is 0.0542 e. The lowest BCUT2D eigenvalue weighted by Gasteiger charge is -2.26. The Kier molecular flexibility index (Phi) is 9.89. The van der Waals surface area contributed by atoms with E-state index in [2.05, 4.69) is 289 Å². The van der Waals surface area contributed by atoms with Crippen LogP contribution in [0.2, 0.25) is 0 Å². The van der Waals surface area contributed by atoms with Crippen molar-refractivity contribution in [3.8, 4) is 50.2 Å². The van der Waals surface area contributed by atoms with Crippen LogP contribution in [0, 0.1) is 0 Å². The van der Waals surface area contributed by atoms with E-state index in [1.807, 2.05) is 0 Å². The summed E-state index contributed by atoms with van der Waals surface area (Å²) in [7, 11) is 0. The van der Waals surface area contributed by atoms with Gasteiger partial charge in [-0.25, -0.2) is 0 Å². The Morgan fingerprint density at radius 2 is 0.722 bits per heavy atom. The first kappa shape index (κ1) is 41.5. The van der Waals surface area contributed by atoms with Crippen molar-refractivity contribution in [3.63, 3.8) is 0 Å². The van der Waals surface area contributed by atoms with Crippen LogP contribution >= 0.6 is 0 Å². The molecule has 336 valence electrons. The van der Waals surface area contributed by atoms with Crippen molar-refractivity contribution in [1.82, 2.24) is 4.57 Å². The predicted octanol–water partition coefficient (Wildman–Crippen LogP) is 19.5. The van der Waals surface area contributed by atoms with Crippen molar-refractivity contribution in [3.05, 3.63) is 279 Å². The highest BCUT2D eigenvalue weighted by Crippen LogP contribution is 2.48. The summed E-state index contributed by atoms with van der Waals surface area (Å²) < 4.78 is 2.38. The molecule has 14 rings (SSSR count). The van der Waals surface area contributed by atoms with E-state index in [4.69, 9.17) is 0 Å². The summed E-state index contributed by atoms with van der Waals surface area (Å²) in [5.74, 6) is 0. The SMILES string of the molecule is c1ccc(-n2c3ccccc3c3cc(N(c4ccc(-c5ccc6ccccc6c5)cc4)c4ccc(-c5c6ccccc6c(-c6ccccc6-c6cccc7ccccc67)c6ccccc56)cc4)ccc32)cc1. The summed E-state index contributed by atoms with van der Waals surface area (Å²) in [4.78, 5) is 2.41. The van der Waals surface area contributed by atoms with Crippen LogP contribution in [0.1, 0.15) is 0 Å². The van der Waals surface area contributed by atoms with Crippen LogP contribution in [0.5, 0.6) is 0 Å². The van der Waals surface area contributed by atoms with Gasteiger partial charge < -0.3 is 9.47 Å². The van der Waals surface area contributed by atoms with Gasteiger partial charge in [-0.3, -0.25) is 0 Å². The fourth-order valence-corrected chi connectivity index (χ4v) is 11.5. The fourth-order valence-electron chi connectivity index (χ4n) is 11.5. The van der Waals surface area contributed by atoms with E-state index < -0.39 is 0 Å². The molecule has 0 unspecified atom stereocenters. The van der Waals surface area contributed by atoms with Gasteiger partial charge in [0.1, 0.15) is 0 Å². The molecule has 2 heteroatoms. The molecular weight excluding hydrogens is 869 g/mol. The number of anilines is 3. The number of aromatic nitrogens is 1. The second-order valence-corrected chi connectivity index (χ2v) is 18.8. The smallest absolute Gasteiger partial charge is 0.0542 e. The maximum absolute atomic E-state index is 2.41. The third kappa shape index (κ3) is 6.88. The van der Waals surface area contributed by atoms with Crippen LogP contribution in [0.3, 0.4) is 0 Å². The molecule has 0 aliphatic carbocycles. The minimum absolute atomic E-state index is 1.08. The number of nitrogens with zero attached hydrogens (tertiary/aromatic N) is 2. The number of para-hydroxylation sites is 2. The molecule has 0 N–H and O–H groups in total. The number of hydrogen-bond acceptors (Lipinski definition) is 1. The largest absolute Gasteiger partial charge is 0.310 e. The average Bonchev–Trinajstić information content (AvgIpc) is 3.78. The third-order valence-electron chi connectivity index (χ3n) is 14.8. The first-order valence-electron chi connectivity index (χ1n) is 24.8. The molecule has 0 fully saturated rings. The Bertz CT molecular complexity index is 4310. The Hall–Kier alpha value is -9.50. The van der Waals surface area contributed by atoms with Gasteiger partial charge in [-0.2, -0.15) is 0 Å². The summed E-state index contributed by atoms with van der Waals surface area (Å²) in [5, 5.41) is 12.3. The van der Waals surface area contributed by atoms with Gasteiger partial charge >= 0.3 is 0 Å². The lowest BCUT2D eigenvalue weighted by molar-refractivity contribution is 1.18. The molecule has 0 bridgehead atoms. The van der Waals surface area contributed by atoms with Crippen LogP contribution in [0.4, 0.5) is 17.1 Å². The van der Waals surface area contributed by atoms with Gasteiger partial charge in [-0.05, 0) is 154 Å². The predicted molar refractivity (Wildman–Crippen MR) is 307 cm³/mol. The minimum Gasteiger partial charge on any atom is -0.310 e. The quantitative estimate of drug-likeness (QED) is 0.138. The number of hydrogen-bond donors (Lipinski definition) is 0. The second-order valence-electron chi connectivity index (χ2n) is 18.8. The normalized spacial score (nSPS) is 11.6. The Morgan fingerprint density at radius 3 is 1.43 bits per heavy atom. The van der Waals surface area contributed by atoms with Crippen LogP contribution < -0.4 is 4.90 Å². The van der Waals surface area contributed by atoms with Crippen molar-refractivity contribution in [2.75, 3.05) is 4.90 Å². The Labute approximate surface area is 418 Å². The lowest BCUT2D eigenvalue weighted by atomic mass is 9.83. The zero-order valence-corrected chi connectivity index (χ0v) is 39.5. The number of rotatable bonds is 8. The number of benzene rings is 13. The van der Waals surface area contributed by atoms with Gasteiger partial charge in [-0.1, -0.05) is 212 Å². The molecule has 0 amide bonds. The molecule has 1 aromatic heterocycles. The van der Waals surface area contributed by atoms with E-state index in [-0.39, 0.29) is 0 Å². The highest BCUT2D eigenvalue weighted by molar-refractivity contribution is 6.23. The monoisotopic (exact) mass is 914 g/mol. The summed E-state index contributed by atoms with van der Waals surface area (Å²) in [6, 6.07) is 102. The summed E-state index contributed by atoms with van der Waals surface area (Å²) in [6.07, 6.45) is 0. The maximum atomic E-state index is 2.41. The molecule has 1 heterocycles. The van der Waals surface area contributed by atoms with Gasteiger partial charge in [0, 0.05) is 33.5 Å². The first-order chi connectivity index (χ1) is 35.7. The van der Waals surface area contributed by atoms with Gasteiger partial charge in [0.2, 0.25) is 0 Å². The molecule has 0 saturated heterocycles. The van der Waals surface area contributed by atoms with E-state index >= 15 is 0 Å². The molecular formula is C70H46N2. The Morgan fingerprint density at radius 1 is 0.236 bits per heavy atom. The van der Waals surface area contributed by atoms with Gasteiger partial charge in [0.05, 0.1) is 11.0 Å². The molecule has 0 saturated carbocycles. The molecule has 14 aromatic rings. The summed E-state index contributed by atoms with van der Waals surface area (Å²) in [6.45, 7) is 0. The zero-order valence-electron chi connectivity index (χ0n) is 39.5. The van der Waals surface area contributed by atoms with Crippen molar-refractivity contribution in [1.29, 1.82) is 0 Å². The molecule has 0 atom stereocenters. The summed E-state index contributed by atoms with van der Waals surface area (Å²) >= 11 is 0. The lowest BCUT2D eigenvalue weighted by Crippen LogP contribution is -2.10. The third-order valence-corrected chi connectivity index (χ3v) is 14.8. The molecule has 13 aromatic carbocycles. The van der Waals surface area contributed by atoms with E-state index in [9.17, 15) is 0 Å². The van der Waals surface area contributed by atoms with Crippen LogP contribution in [0.15, 0.2) is 279 Å². The van der Waals surface area contributed by atoms with Crippen LogP contribution in [0.25, 0.3) is 115 Å². The van der Waals surface area contributed by atoms with Gasteiger partial charge in [-0.15, -0.1) is 0 Å². The van der Waals surface area contributed by atoms with Crippen molar-refractivity contribution >= 4 is 82.0 Å². The van der Waals surface area contributed by atoms with E-state index in [1.54, 1.807) is 0 Å². The molecule has 0 radical (unpaired) electrons. The van der Waals surface area contributed by atoms with Crippen molar-refractivity contribution in [2.45, 2.75) is 0 Å². The van der Waals surface area contributed by atoms with Crippen molar-refractivity contribution in [2.24, 2.45) is 0 Å². The van der Waals surface area contributed by atoms with Crippen molar-refractivity contribution < 1.29 is 0 Å². The molecule has 0 aliphatic heterocycles. The van der Waals surface area contributed by atoms with E-state index in [0.717, 1.165) is 22.7 Å². The Balaban J connectivity index is 0.928. The van der Waals surface area contributed by atoms with Gasteiger partial charge in [0.25, 0.3) is 0 Å². The van der Waals surface area contributed by atoms with Crippen LogP contribution in [-0.2, 0) is 0 Å². The number of fused-ring (bicyclic) bond motifs is 7. The second kappa shape index (κ2) is 17.2. The minimum atomic E-state index is 1.08. The average molecular weight is 915 g/mol. The van der Waals surface area contributed by atoms with Crippen LogP contribution in [-0.4, -0.2) is 4.57 Å². The summed E-state index contributed by atoms with van der Waals surface area (Å²) in [5.41, 5.74) is 16.5. The topological polar surface area (TPSA) is 8.17 Å². The van der Waals surface area contributed by atoms with E-state index in [0.29, 0.717) is 0 Å². The molecule has 0 spiro atoms. The van der Waals surface area contributed by atoms with E-state index in [1.165, 1.54) is 109 Å². The zero-order chi connectivity index (χ0) is 47.5. The molecule has 2 nitrogen and oxygen atoms in total.